The molecule has 114 valence electrons. The van der Waals surface area contributed by atoms with Gasteiger partial charge in [0.15, 0.2) is 0 Å². The van der Waals surface area contributed by atoms with Crippen LogP contribution in [0.5, 0.6) is 0 Å². The Morgan fingerprint density at radius 2 is 2.05 bits per heavy atom. The van der Waals surface area contributed by atoms with E-state index in [1.807, 2.05) is 0 Å². The van der Waals surface area contributed by atoms with E-state index < -0.39 is 8.32 Å². The first-order valence-electron chi connectivity index (χ1n) is 7.92. The van der Waals surface area contributed by atoms with Gasteiger partial charge in [0.2, 0.25) is 8.32 Å². The van der Waals surface area contributed by atoms with Crippen molar-refractivity contribution in [2.24, 2.45) is 0 Å². The third-order valence-corrected chi connectivity index (χ3v) is 9.91. The second-order valence-corrected chi connectivity index (χ2v) is 12.8. The first-order valence-corrected chi connectivity index (χ1v) is 10.8. The van der Waals surface area contributed by atoms with Crippen molar-refractivity contribution < 1.29 is 4.43 Å². The van der Waals surface area contributed by atoms with Crippen molar-refractivity contribution in [3.63, 3.8) is 0 Å². The van der Waals surface area contributed by atoms with Crippen molar-refractivity contribution >= 4 is 8.32 Å². The van der Waals surface area contributed by atoms with Crippen LogP contribution in [-0.4, -0.2) is 31.3 Å². The van der Waals surface area contributed by atoms with Gasteiger partial charge in [0.1, 0.15) is 0 Å². The average molecular weight is 294 g/mol. The van der Waals surface area contributed by atoms with Gasteiger partial charge in [-0.25, -0.2) is 0 Å². The Balaban J connectivity index is 2.28. The summed E-state index contributed by atoms with van der Waals surface area (Å²) < 4.78 is 6.68. The molecule has 0 bridgehead atoms. The molecule has 0 aliphatic carbocycles. The summed E-state index contributed by atoms with van der Waals surface area (Å²) in [4.78, 5) is 2.58. The van der Waals surface area contributed by atoms with Crippen molar-refractivity contribution in [3.05, 3.63) is 24.5 Å². The molecule has 20 heavy (non-hydrogen) atoms. The number of nitrogens with zero attached hydrogens (tertiary/aromatic N) is 1. The molecule has 0 aromatic carbocycles. The molecule has 0 spiro atoms. The molecular formula is C17H31NOSi. The van der Waals surface area contributed by atoms with Gasteiger partial charge in [-0.1, -0.05) is 26.8 Å². The van der Waals surface area contributed by atoms with Crippen LogP contribution < -0.4 is 0 Å². The standard InChI is InChI=1S/C17H31NOSi/c1-8-14-13-15(19-20(6,7)16(2,3)4)17(5)11-9-10-12-18(14)17/h8,13-14H,1,9-12H2,2-7H3/t14-,17+/m0/s1. The molecule has 3 heteroatoms. The molecular weight excluding hydrogens is 262 g/mol. The molecule has 0 unspecified atom stereocenters. The minimum absolute atomic E-state index is 0.0899. The van der Waals surface area contributed by atoms with E-state index in [0.717, 1.165) is 6.54 Å². The number of rotatable bonds is 3. The first-order chi connectivity index (χ1) is 9.12. The number of fused-ring (bicyclic) bond motifs is 1. The lowest BCUT2D eigenvalue weighted by Crippen LogP contribution is -2.52. The zero-order valence-electron chi connectivity index (χ0n) is 14.1. The van der Waals surface area contributed by atoms with E-state index in [9.17, 15) is 0 Å². The van der Waals surface area contributed by atoms with E-state index in [-0.39, 0.29) is 10.6 Å². The molecule has 0 aromatic heterocycles. The molecule has 2 aliphatic heterocycles. The normalized spacial score (nSPS) is 31.7. The Morgan fingerprint density at radius 1 is 1.40 bits per heavy atom. The summed E-state index contributed by atoms with van der Waals surface area (Å²) in [5.41, 5.74) is 0.0899. The Bertz CT molecular complexity index is 421. The maximum absolute atomic E-state index is 6.68. The summed E-state index contributed by atoms with van der Waals surface area (Å²) in [6, 6.07) is 0.347. The maximum Gasteiger partial charge on any atom is 0.250 e. The molecule has 2 aliphatic rings. The van der Waals surface area contributed by atoms with Crippen LogP contribution in [0.3, 0.4) is 0 Å². The smallest absolute Gasteiger partial charge is 0.250 e. The Labute approximate surface area is 126 Å². The quantitative estimate of drug-likeness (QED) is 0.552. The summed E-state index contributed by atoms with van der Waals surface area (Å²) in [6.45, 7) is 19.1. The van der Waals surface area contributed by atoms with Crippen LogP contribution in [0.2, 0.25) is 18.1 Å². The Kier molecular flexibility index (Phi) is 3.98. The van der Waals surface area contributed by atoms with Gasteiger partial charge >= 0.3 is 0 Å². The van der Waals surface area contributed by atoms with Crippen LogP contribution in [-0.2, 0) is 4.43 Å². The van der Waals surface area contributed by atoms with Crippen LogP contribution in [0.25, 0.3) is 0 Å². The average Bonchev–Trinajstić information content (AvgIpc) is 2.60. The largest absolute Gasteiger partial charge is 0.545 e. The highest BCUT2D eigenvalue weighted by atomic mass is 28.4. The van der Waals surface area contributed by atoms with Crippen molar-refractivity contribution in [1.29, 1.82) is 0 Å². The molecule has 2 nitrogen and oxygen atoms in total. The van der Waals surface area contributed by atoms with Crippen LogP contribution in [0.15, 0.2) is 24.5 Å². The highest BCUT2D eigenvalue weighted by Gasteiger charge is 2.49. The van der Waals surface area contributed by atoms with Crippen molar-refractivity contribution in [2.75, 3.05) is 6.54 Å². The van der Waals surface area contributed by atoms with Crippen molar-refractivity contribution in [3.8, 4) is 0 Å². The van der Waals surface area contributed by atoms with E-state index in [1.165, 1.54) is 25.0 Å². The predicted molar refractivity (Wildman–Crippen MR) is 89.3 cm³/mol. The fraction of sp³-hybridized carbons (Fsp3) is 0.765. The topological polar surface area (TPSA) is 12.5 Å². The number of hydrogen-bond acceptors (Lipinski definition) is 2. The highest BCUT2D eigenvalue weighted by molar-refractivity contribution is 6.74. The van der Waals surface area contributed by atoms with E-state index in [2.05, 4.69) is 64.4 Å². The zero-order chi connectivity index (χ0) is 15.2. The summed E-state index contributed by atoms with van der Waals surface area (Å²) in [5.74, 6) is 1.22. The molecule has 2 atom stereocenters. The van der Waals surface area contributed by atoms with E-state index in [1.54, 1.807) is 0 Å². The third kappa shape index (κ3) is 2.50. The fourth-order valence-corrected chi connectivity index (χ4v) is 4.22. The molecule has 1 saturated heterocycles. The summed E-state index contributed by atoms with van der Waals surface area (Å²) in [5, 5.41) is 0.246. The minimum atomic E-state index is -1.76. The molecule has 2 heterocycles. The predicted octanol–water partition coefficient (Wildman–Crippen LogP) is 4.70. The second kappa shape index (κ2) is 5.02. The molecule has 1 fully saturated rings. The second-order valence-electron chi connectivity index (χ2n) is 8.04. The number of hydrogen-bond donors (Lipinski definition) is 0. The first kappa shape index (κ1) is 15.8. The van der Waals surface area contributed by atoms with Gasteiger partial charge in [0.25, 0.3) is 0 Å². The van der Waals surface area contributed by atoms with Crippen LogP contribution >= 0.6 is 0 Å². The number of piperidine rings is 1. The van der Waals surface area contributed by atoms with Gasteiger partial charge in [-0.2, -0.15) is 0 Å². The lowest BCUT2D eigenvalue weighted by molar-refractivity contribution is 0.0733. The van der Waals surface area contributed by atoms with Crippen LogP contribution in [0.1, 0.15) is 47.0 Å². The highest BCUT2D eigenvalue weighted by Crippen LogP contribution is 2.46. The monoisotopic (exact) mass is 293 g/mol. The Hall–Kier alpha value is -0.543. The molecule has 0 N–H and O–H groups in total. The van der Waals surface area contributed by atoms with Gasteiger partial charge < -0.3 is 4.43 Å². The van der Waals surface area contributed by atoms with Crippen molar-refractivity contribution in [1.82, 2.24) is 4.90 Å². The summed E-state index contributed by atoms with van der Waals surface area (Å²) >= 11 is 0. The zero-order valence-corrected chi connectivity index (χ0v) is 15.1. The van der Waals surface area contributed by atoms with Crippen LogP contribution in [0.4, 0.5) is 0 Å². The minimum Gasteiger partial charge on any atom is -0.545 e. The van der Waals surface area contributed by atoms with Gasteiger partial charge in [-0.15, -0.1) is 6.58 Å². The fourth-order valence-electron chi connectivity index (χ4n) is 3.08. The SMILES string of the molecule is C=C[C@H]1C=C(O[Si](C)(C)C(C)(C)C)[C@@]2(C)CCCCN12. The van der Waals surface area contributed by atoms with E-state index >= 15 is 0 Å². The molecule has 0 radical (unpaired) electrons. The molecule has 0 saturated carbocycles. The Morgan fingerprint density at radius 3 is 2.60 bits per heavy atom. The maximum atomic E-state index is 6.68. The van der Waals surface area contributed by atoms with Gasteiger partial charge in [0.05, 0.1) is 17.3 Å². The van der Waals surface area contributed by atoms with Gasteiger partial charge in [-0.05, 0) is 50.4 Å². The molecule has 2 rings (SSSR count). The van der Waals surface area contributed by atoms with Gasteiger partial charge in [-0.3, -0.25) is 4.90 Å². The lowest BCUT2D eigenvalue weighted by atomic mass is 9.89. The molecule has 0 amide bonds. The molecule has 0 aromatic rings. The van der Waals surface area contributed by atoms with Crippen LogP contribution in [0, 0.1) is 0 Å². The lowest BCUT2D eigenvalue weighted by Gasteiger charge is -2.46. The van der Waals surface area contributed by atoms with Crippen molar-refractivity contribution in [2.45, 2.75) is 76.7 Å². The third-order valence-electron chi connectivity index (χ3n) is 5.57. The van der Waals surface area contributed by atoms with Gasteiger partial charge in [0, 0.05) is 6.54 Å². The summed E-state index contributed by atoms with van der Waals surface area (Å²) in [7, 11) is -1.76. The van der Waals surface area contributed by atoms with E-state index in [4.69, 9.17) is 4.43 Å². The summed E-state index contributed by atoms with van der Waals surface area (Å²) in [6.07, 6.45) is 8.18. The van der Waals surface area contributed by atoms with E-state index in [0.29, 0.717) is 6.04 Å².